The highest BCUT2D eigenvalue weighted by Crippen LogP contribution is 2.14. The van der Waals surface area contributed by atoms with Gasteiger partial charge in [0.15, 0.2) is 0 Å². The van der Waals surface area contributed by atoms with E-state index < -0.39 is 0 Å². The lowest BCUT2D eigenvalue weighted by Crippen LogP contribution is -2.03. The van der Waals surface area contributed by atoms with Crippen LogP contribution in [-0.2, 0) is 14.3 Å². The van der Waals surface area contributed by atoms with Crippen molar-refractivity contribution in [3.63, 3.8) is 0 Å². The van der Waals surface area contributed by atoms with E-state index in [1.54, 1.807) is 0 Å². The molecular weight excluding hydrogens is 132 g/mol. The van der Waals surface area contributed by atoms with Crippen LogP contribution in [0.3, 0.4) is 0 Å². The molecule has 56 valence electrons. The number of hydrogen-bond donors (Lipinski definition) is 0. The molecule has 0 aromatic heterocycles. The Hall–Kier alpha value is -0.990. The lowest BCUT2D eigenvalue weighted by Gasteiger charge is -1.97. The van der Waals surface area contributed by atoms with Crippen molar-refractivity contribution in [1.29, 1.82) is 0 Å². The number of hydrogen-bond acceptors (Lipinski definition) is 3. The summed E-state index contributed by atoms with van der Waals surface area (Å²) < 4.78 is 9.29. The fraction of sp³-hybridized carbons (Fsp3) is 0.571. The quantitative estimate of drug-likeness (QED) is 0.437. The van der Waals surface area contributed by atoms with Gasteiger partial charge in [-0.3, -0.25) is 0 Å². The van der Waals surface area contributed by atoms with Gasteiger partial charge in [0, 0.05) is 0 Å². The normalized spacial score (nSPS) is 13.5. The SMILES string of the molecule is CCCCOC(=O)C1=CO1. The Labute approximate surface area is 59.6 Å². The summed E-state index contributed by atoms with van der Waals surface area (Å²) in [6, 6.07) is 0. The average molecular weight is 142 g/mol. The molecule has 1 aliphatic rings. The van der Waals surface area contributed by atoms with Crippen LogP contribution < -0.4 is 0 Å². The molecule has 10 heavy (non-hydrogen) atoms. The maximum Gasteiger partial charge on any atom is 0.377 e. The van der Waals surface area contributed by atoms with E-state index in [1.807, 2.05) is 6.92 Å². The van der Waals surface area contributed by atoms with E-state index in [1.165, 1.54) is 6.26 Å². The Morgan fingerprint density at radius 2 is 2.50 bits per heavy atom. The number of esters is 1. The third-order valence-corrected chi connectivity index (χ3v) is 1.17. The summed E-state index contributed by atoms with van der Waals surface area (Å²) in [4.78, 5) is 10.7. The zero-order chi connectivity index (χ0) is 7.40. The predicted octanol–water partition coefficient (Wildman–Crippen LogP) is 1.20. The Balaban J connectivity index is 2.01. The highest BCUT2D eigenvalue weighted by molar-refractivity contribution is 5.88. The highest BCUT2D eigenvalue weighted by Gasteiger charge is 2.21. The molecule has 0 aromatic rings. The van der Waals surface area contributed by atoms with Gasteiger partial charge in [-0.2, -0.15) is 0 Å². The first-order chi connectivity index (χ1) is 4.84. The van der Waals surface area contributed by atoms with E-state index in [-0.39, 0.29) is 5.97 Å². The van der Waals surface area contributed by atoms with Crippen molar-refractivity contribution < 1.29 is 14.3 Å². The summed E-state index contributed by atoms with van der Waals surface area (Å²) in [7, 11) is 0. The van der Waals surface area contributed by atoms with Gasteiger partial charge in [-0.1, -0.05) is 13.3 Å². The molecule has 1 heterocycles. The summed E-state index contributed by atoms with van der Waals surface area (Å²) in [5.41, 5.74) is 0. The third-order valence-electron chi connectivity index (χ3n) is 1.17. The topological polar surface area (TPSA) is 38.8 Å². The smallest absolute Gasteiger partial charge is 0.377 e. The highest BCUT2D eigenvalue weighted by atomic mass is 16.6. The van der Waals surface area contributed by atoms with Crippen molar-refractivity contribution in [2.75, 3.05) is 6.61 Å². The van der Waals surface area contributed by atoms with Gasteiger partial charge >= 0.3 is 5.97 Å². The number of carbonyl (C=O) groups excluding carboxylic acids is 1. The van der Waals surface area contributed by atoms with E-state index in [0.29, 0.717) is 12.4 Å². The number of rotatable bonds is 4. The van der Waals surface area contributed by atoms with Crippen LogP contribution in [0, 0.1) is 0 Å². The number of unbranched alkanes of at least 4 members (excludes halogenated alkanes) is 1. The molecule has 1 rings (SSSR count). The molecule has 0 radical (unpaired) electrons. The Kier molecular flexibility index (Phi) is 2.31. The van der Waals surface area contributed by atoms with Crippen LogP contribution in [0.15, 0.2) is 12.0 Å². The third kappa shape index (κ3) is 2.09. The minimum atomic E-state index is -0.339. The van der Waals surface area contributed by atoms with Crippen molar-refractivity contribution in [1.82, 2.24) is 0 Å². The summed E-state index contributed by atoms with van der Waals surface area (Å²) in [5.74, 6) is 0.00422. The molecule has 0 fully saturated rings. The molecule has 0 saturated carbocycles. The van der Waals surface area contributed by atoms with E-state index in [4.69, 9.17) is 4.74 Å². The maximum atomic E-state index is 10.7. The standard InChI is InChI=1S/C7H10O3/c1-2-3-4-9-7(8)6-5-10-6/h5H,2-4H2,1H3. The van der Waals surface area contributed by atoms with E-state index in [9.17, 15) is 4.79 Å². The molecule has 0 atom stereocenters. The first kappa shape index (κ1) is 7.12. The van der Waals surface area contributed by atoms with E-state index in [2.05, 4.69) is 4.74 Å². The van der Waals surface area contributed by atoms with Crippen LogP contribution in [0.4, 0.5) is 0 Å². The molecule has 0 aromatic carbocycles. The van der Waals surface area contributed by atoms with Gasteiger partial charge < -0.3 is 9.47 Å². The zero-order valence-electron chi connectivity index (χ0n) is 5.92. The molecule has 0 saturated heterocycles. The van der Waals surface area contributed by atoms with Gasteiger partial charge in [-0.15, -0.1) is 0 Å². The summed E-state index contributed by atoms with van der Waals surface area (Å²) in [6.45, 7) is 2.54. The van der Waals surface area contributed by atoms with Gasteiger partial charge in [0.1, 0.15) is 6.26 Å². The lowest BCUT2D eigenvalue weighted by atomic mass is 10.4. The monoisotopic (exact) mass is 142 g/mol. The Morgan fingerprint density at radius 1 is 1.80 bits per heavy atom. The van der Waals surface area contributed by atoms with E-state index in [0.717, 1.165) is 12.8 Å². The molecular formula is C7H10O3. The average Bonchev–Trinajstić information content (AvgIpc) is 2.69. The lowest BCUT2D eigenvalue weighted by molar-refractivity contribution is -0.140. The van der Waals surface area contributed by atoms with Crippen molar-refractivity contribution >= 4 is 5.97 Å². The van der Waals surface area contributed by atoms with E-state index >= 15 is 0 Å². The first-order valence-corrected chi connectivity index (χ1v) is 3.38. The molecule has 0 aliphatic carbocycles. The minimum absolute atomic E-state index is 0.339. The van der Waals surface area contributed by atoms with Crippen LogP contribution in [0.5, 0.6) is 0 Å². The Morgan fingerprint density at radius 3 is 3.00 bits per heavy atom. The predicted molar refractivity (Wildman–Crippen MR) is 35.0 cm³/mol. The first-order valence-electron chi connectivity index (χ1n) is 3.38. The summed E-state index contributed by atoms with van der Waals surface area (Å²) in [6.07, 6.45) is 3.33. The second-order valence-corrected chi connectivity index (χ2v) is 2.09. The molecule has 0 unspecified atom stereocenters. The summed E-state index contributed by atoms with van der Waals surface area (Å²) in [5, 5.41) is 0. The number of ether oxygens (including phenoxy) is 2. The zero-order valence-corrected chi connectivity index (χ0v) is 5.92. The van der Waals surface area contributed by atoms with Gasteiger partial charge in [0.25, 0.3) is 0 Å². The maximum absolute atomic E-state index is 10.7. The molecule has 3 nitrogen and oxygen atoms in total. The van der Waals surface area contributed by atoms with Crippen molar-refractivity contribution in [2.24, 2.45) is 0 Å². The van der Waals surface area contributed by atoms with Gasteiger partial charge in [-0.05, 0) is 6.42 Å². The van der Waals surface area contributed by atoms with Crippen molar-refractivity contribution in [2.45, 2.75) is 19.8 Å². The molecule has 0 bridgehead atoms. The fourth-order valence-corrected chi connectivity index (χ4v) is 0.506. The van der Waals surface area contributed by atoms with Crippen molar-refractivity contribution in [3.8, 4) is 0 Å². The fourth-order valence-electron chi connectivity index (χ4n) is 0.506. The van der Waals surface area contributed by atoms with Gasteiger partial charge in [-0.25, -0.2) is 4.79 Å². The second-order valence-electron chi connectivity index (χ2n) is 2.09. The van der Waals surface area contributed by atoms with Gasteiger partial charge in [0.05, 0.1) is 6.61 Å². The second kappa shape index (κ2) is 3.25. The van der Waals surface area contributed by atoms with Gasteiger partial charge in [0.2, 0.25) is 5.76 Å². The minimum Gasteiger partial charge on any atom is -0.460 e. The van der Waals surface area contributed by atoms with Crippen LogP contribution in [0.2, 0.25) is 0 Å². The van der Waals surface area contributed by atoms with Crippen LogP contribution in [0.1, 0.15) is 19.8 Å². The molecule has 1 aliphatic heterocycles. The van der Waals surface area contributed by atoms with Crippen molar-refractivity contribution in [3.05, 3.63) is 12.0 Å². The van der Waals surface area contributed by atoms with Crippen LogP contribution >= 0.6 is 0 Å². The molecule has 0 amide bonds. The summed E-state index contributed by atoms with van der Waals surface area (Å²) >= 11 is 0. The largest absolute Gasteiger partial charge is 0.460 e. The molecule has 3 heteroatoms. The number of carbonyl (C=O) groups is 1. The molecule has 0 N–H and O–H groups in total. The Bertz CT molecular complexity index is 160. The van der Waals surface area contributed by atoms with Crippen LogP contribution in [-0.4, -0.2) is 12.6 Å². The van der Waals surface area contributed by atoms with Crippen LogP contribution in [0.25, 0.3) is 0 Å². The molecule has 0 spiro atoms.